The number of sulfonamides is 1. The van der Waals surface area contributed by atoms with Crippen molar-refractivity contribution in [3.8, 4) is 0 Å². The van der Waals surface area contributed by atoms with Gasteiger partial charge in [0, 0.05) is 31.6 Å². The minimum absolute atomic E-state index is 0.00894. The summed E-state index contributed by atoms with van der Waals surface area (Å²) in [6, 6.07) is 19.6. The second-order valence-electron chi connectivity index (χ2n) is 8.86. The maximum atomic E-state index is 13.7. The Morgan fingerprint density at radius 3 is 2.18 bits per heavy atom. The lowest BCUT2D eigenvalue weighted by Crippen LogP contribution is -2.53. The minimum atomic E-state index is -4.00. The third-order valence-corrected chi connectivity index (χ3v) is 8.04. The molecule has 0 saturated carbocycles. The monoisotopic (exact) mass is 559 g/mol. The summed E-state index contributed by atoms with van der Waals surface area (Å²) in [7, 11) is -2.70. The first-order chi connectivity index (χ1) is 18.1. The number of carbonyl (C=O) groups excluding carboxylic acids is 2. The van der Waals surface area contributed by atoms with E-state index in [1.54, 1.807) is 0 Å². The lowest BCUT2D eigenvalue weighted by molar-refractivity contribution is -0.141. The first-order valence-electron chi connectivity index (χ1n) is 12.2. The van der Waals surface area contributed by atoms with E-state index in [0.717, 1.165) is 9.87 Å². The van der Waals surface area contributed by atoms with E-state index in [9.17, 15) is 22.4 Å². The van der Waals surface area contributed by atoms with Crippen LogP contribution in [-0.4, -0.2) is 55.6 Å². The van der Waals surface area contributed by atoms with E-state index < -0.39 is 34.3 Å². The molecule has 38 heavy (non-hydrogen) atoms. The Balaban J connectivity index is 1.95. The van der Waals surface area contributed by atoms with E-state index in [0.29, 0.717) is 23.6 Å². The highest BCUT2D eigenvalue weighted by molar-refractivity contribution is 7.89. The zero-order valence-electron chi connectivity index (χ0n) is 21.3. The smallest absolute Gasteiger partial charge is 0.243 e. The van der Waals surface area contributed by atoms with Gasteiger partial charge < -0.3 is 10.2 Å². The Kier molecular flexibility index (Phi) is 10.4. The fourth-order valence-corrected chi connectivity index (χ4v) is 5.11. The van der Waals surface area contributed by atoms with E-state index in [1.165, 1.54) is 60.5 Å². The first kappa shape index (κ1) is 29.3. The molecule has 1 N–H and O–H groups in total. The Hall–Kier alpha value is -3.27. The van der Waals surface area contributed by atoms with Crippen molar-refractivity contribution in [2.45, 2.75) is 37.2 Å². The van der Waals surface area contributed by atoms with Gasteiger partial charge in [-0.05, 0) is 53.9 Å². The molecule has 0 unspecified atom stereocenters. The normalized spacial score (nSPS) is 12.2. The molecule has 0 heterocycles. The van der Waals surface area contributed by atoms with Gasteiger partial charge >= 0.3 is 0 Å². The molecule has 10 heteroatoms. The highest BCUT2D eigenvalue weighted by Gasteiger charge is 2.33. The second-order valence-corrected chi connectivity index (χ2v) is 11.3. The van der Waals surface area contributed by atoms with Gasteiger partial charge in [0.05, 0.1) is 11.4 Å². The summed E-state index contributed by atoms with van der Waals surface area (Å²) in [5.74, 6) is -1.35. The number of likely N-dealkylation sites (N-methyl/N-ethyl adjacent to an activating group) is 1. The topological polar surface area (TPSA) is 86.8 Å². The molecule has 3 rings (SSSR count). The molecule has 0 spiro atoms. The van der Waals surface area contributed by atoms with Gasteiger partial charge in [-0.15, -0.1) is 0 Å². The van der Waals surface area contributed by atoms with E-state index in [4.69, 9.17) is 11.6 Å². The van der Waals surface area contributed by atoms with Gasteiger partial charge in [-0.25, -0.2) is 12.8 Å². The van der Waals surface area contributed by atoms with Gasteiger partial charge in [0.2, 0.25) is 21.8 Å². The van der Waals surface area contributed by atoms with Crippen LogP contribution in [0.1, 0.15) is 24.5 Å². The van der Waals surface area contributed by atoms with Crippen LogP contribution in [0.3, 0.4) is 0 Å². The van der Waals surface area contributed by atoms with Gasteiger partial charge in [-0.3, -0.25) is 9.59 Å². The standard InChI is InChI=1S/C28H31ClFN3O4S/c1-3-17-31-28(35)26(18-21-7-5-4-6-8-21)33(19-22-9-13-24(30)14-10-22)27(34)20-32(2)38(36,37)25-15-11-23(29)12-16-25/h4-16,26H,3,17-20H2,1-2H3,(H,31,35)/t26-/m0/s1. The number of rotatable bonds is 12. The molecule has 0 saturated heterocycles. The lowest BCUT2D eigenvalue weighted by Gasteiger charge is -2.32. The van der Waals surface area contributed by atoms with E-state index >= 15 is 0 Å². The molecule has 0 aromatic heterocycles. The number of amides is 2. The molecular weight excluding hydrogens is 529 g/mol. The molecule has 0 aliphatic carbocycles. The van der Waals surface area contributed by atoms with Crippen LogP contribution in [0.15, 0.2) is 83.8 Å². The summed E-state index contributed by atoms with van der Waals surface area (Å²) < 4.78 is 40.8. The SMILES string of the molecule is CCCNC(=O)[C@H](Cc1ccccc1)N(Cc1ccc(F)cc1)C(=O)CN(C)S(=O)(=O)c1ccc(Cl)cc1. The number of nitrogens with one attached hydrogen (secondary N) is 1. The lowest BCUT2D eigenvalue weighted by atomic mass is 10.0. The van der Waals surface area contributed by atoms with Crippen LogP contribution in [-0.2, 0) is 32.6 Å². The number of nitrogens with zero attached hydrogens (tertiary/aromatic N) is 2. The molecule has 0 bridgehead atoms. The first-order valence-corrected chi connectivity index (χ1v) is 14.0. The third kappa shape index (κ3) is 7.86. The fourth-order valence-electron chi connectivity index (χ4n) is 3.86. The predicted molar refractivity (Wildman–Crippen MR) is 145 cm³/mol. The highest BCUT2D eigenvalue weighted by Crippen LogP contribution is 2.20. The average molecular weight is 560 g/mol. The zero-order chi connectivity index (χ0) is 27.7. The Morgan fingerprint density at radius 2 is 1.58 bits per heavy atom. The van der Waals surface area contributed by atoms with Gasteiger partial charge in [0.15, 0.2) is 0 Å². The van der Waals surface area contributed by atoms with E-state index in [1.807, 2.05) is 37.3 Å². The molecule has 202 valence electrons. The van der Waals surface area contributed by atoms with Crippen molar-refractivity contribution in [3.05, 3.63) is 101 Å². The minimum Gasteiger partial charge on any atom is -0.354 e. The molecule has 0 aliphatic rings. The Bertz CT molecular complexity index is 1320. The van der Waals surface area contributed by atoms with Crippen LogP contribution in [0.5, 0.6) is 0 Å². The van der Waals surface area contributed by atoms with Gasteiger partial charge in [-0.2, -0.15) is 4.31 Å². The predicted octanol–water partition coefficient (Wildman–Crippen LogP) is 4.27. The zero-order valence-corrected chi connectivity index (χ0v) is 22.9. The van der Waals surface area contributed by atoms with Crippen LogP contribution in [0, 0.1) is 5.82 Å². The van der Waals surface area contributed by atoms with Crippen molar-refractivity contribution < 1.29 is 22.4 Å². The third-order valence-electron chi connectivity index (χ3n) is 5.97. The summed E-state index contributed by atoms with van der Waals surface area (Å²) in [5.41, 5.74) is 1.44. The van der Waals surface area contributed by atoms with Crippen molar-refractivity contribution in [2.24, 2.45) is 0 Å². The second kappa shape index (κ2) is 13.5. The number of carbonyl (C=O) groups is 2. The maximum Gasteiger partial charge on any atom is 0.243 e. The Morgan fingerprint density at radius 1 is 0.947 bits per heavy atom. The van der Waals surface area contributed by atoms with Crippen molar-refractivity contribution in [1.82, 2.24) is 14.5 Å². The largest absolute Gasteiger partial charge is 0.354 e. The average Bonchev–Trinajstić information content (AvgIpc) is 2.91. The number of halogens is 2. The van der Waals surface area contributed by atoms with Crippen LogP contribution in [0.25, 0.3) is 0 Å². The summed E-state index contributed by atoms with van der Waals surface area (Å²) in [4.78, 5) is 28.4. The molecule has 3 aromatic rings. The van der Waals surface area contributed by atoms with Crippen molar-refractivity contribution in [1.29, 1.82) is 0 Å². The summed E-state index contributed by atoms with van der Waals surface area (Å²) >= 11 is 5.89. The van der Waals surface area contributed by atoms with Crippen molar-refractivity contribution in [2.75, 3.05) is 20.1 Å². The molecule has 0 fully saturated rings. The van der Waals surface area contributed by atoms with Gasteiger partial charge in [0.25, 0.3) is 0 Å². The number of benzene rings is 3. The molecule has 3 aromatic carbocycles. The van der Waals surface area contributed by atoms with Crippen LogP contribution in [0.4, 0.5) is 4.39 Å². The summed E-state index contributed by atoms with van der Waals surface area (Å²) in [5, 5.41) is 3.24. The van der Waals surface area contributed by atoms with Crippen molar-refractivity contribution >= 4 is 33.4 Å². The summed E-state index contributed by atoms with van der Waals surface area (Å²) in [6.07, 6.45) is 0.925. The molecule has 0 aliphatic heterocycles. The molecule has 0 radical (unpaired) electrons. The highest BCUT2D eigenvalue weighted by atomic mass is 35.5. The van der Waals surface area contributed by atoms with E-state index in [-0.39, 0.29) is 23.8 Å². The van der Waals surface area contributed by atoms with Crippen LogP contribution >= 0.6 is 11.6 Å². The van der Waals surface area contributed by atoms with E-state index in [2.05, 4.69) is 5.32 Å². The van der Waals surface area contributed by atoms with Crippen LogP contribution < -0.4 is 5.32 Å². The number of hydrogen-bond donors (Lipinski definition) is 1. The quantitative estimate of drug-likeness (QED) is 0.359. The molecular formula is C28H31ClFN3O4S. The van der Waals surface area contributed by atoms with Gasteiger partial charge in [-0.1, -0.05) is 61.0 Å². The fraction of sp³-hybridized carbons (Fsp3) is 0.286. The number of hydrogen-bond acceptors (Lipinski definition) is 4. The Labute approximate surface area is 228 Å². The molecule has 2 amide bonds. The molecule has 1 atom stereocenters. The molecule has 7 nitrogen and oxygen atoms in total. The van der Waals surface area contributed by atoms with Crippen LogP contribution in [0.2, 0.25) is 5.02 Å². The van der Waals surface area contributed by atoms with Crippen molar-refractivity contribution in [3.63, 3.8) is 0 Å². The maximum absolute atomic E-state index is 13.7. The van der Waals surface area contributed by atoms with Gasteiger partial charge in [0.1, 0.15) is 11.9 Å². The summed E-state index contributed by atoms with van der Waals surface area (Å²) in [6.45, 7) is 1.83.